The smallest absolute Gasteiger partial charge is 0.244 e. The van der Waals surface area contributed by atoms with Crippen molar-refractivity contribution in [1.29, 1.82) is 0 Å². The number of hydrogen-bond acceptors (Lipinski definition) is 4. The Morgan fingerprint density at radius 2 is 1.85 bits per heavy atom. The average Bonchev–Trinajstić information content (AvgIpc) is 2.51. The number of anilines is 2. The van der Waals surface area contributed by atoms with Crippen molar-refractivity contribution < 1.29 is 8.42 Å². The van der Waals surface area contributed by atoms with E-state index in [0.29, 0.717) is 13.0 Å². The summed E-state index contributed by atoms with van der Waals surface area (Å²) in [5.41, 5.74) is 9.09. The van der Waals surface area contributed by atoms with Crippen molar-refractivity contribution in [2.75, 3.05) is 17.6 Å². The number of nitrogens with two attached hydrogens (primary N) is 1. The summed E-state index contributed by atoms with van der Waals surface area (Å²) in [6, 6.07) is 8.47. The number of aryl methyl sites for hydroxylation is 2. The second-order valence-corrected chi connectivity index (χ2v) is 8.73. The van der Waals surface area contributed by atoms with Gasteiger partial charge in [0.25, 0.3) is 0 Å². The number of nitrogens with one attached hydrogen (secondary N) is 2. The third-order valence-electron chi connectivity index (χ3n) is 4.04. The molecule has 0 saturated carbocycles. The minimum atomic E-state index is -3.88. The molecule has 0 heterocycles. The number of hydrogen-bond donors (Lipinski definition) is 3. The van der Waals surface area contributed by atoms with Gasteiger partial charge in [-0.15, -0.1) is 0 Å². The van der Waals surface area contributed by atoms with E-state index in [9.17, 15) is 8.42 Å². The van der Waals surface area contributed by atoms with Gasteiger partial charge in [0.05, 0.1) is 10.7 Å². The average molecular weight is 416 g/mol. The maximum Gasteiger partial charge on any atom is 0.244 e. The first kappa shape index (κ1) is 20.8. The molecule has 0 aliphatic heterocycles. The Kier molecular flexibility index (Phi) is 6.80. The molecule has 0 aliphatic rings. The van der Waals surface area contributed by atoms with Gasteiger partial charge in [0.1, 0.15) is 4.90 Å². The molecule has 26 heavy (non-hydrogen) atoms. The maximum atomic E-state index is 12.7. The molecule has 1 atom stereocenters. The molecule has 2 rings (SSSR count). The molecular formula is C18H23Cl2N3O2S. The van der Waals surface area contributed by atoms with E-state index in [2.05, 4.69) is 16.1 Å². The number of halogens is 2. The van der Waals surface area contributed by atoms with Crippen molar-refractivity contribution in [3.63, 3.8) is 0 Å². The second-order valence-electron chi connectivity index (χ2n) is 6.23. The molecule has 2 aromatic rings. The van der Waals surface area contributed by atoms with E-state index in [1.54, 1.807) is 0 Å². The zero-order valence-electron chi connectivity index (χ0n) is 14.9. The highest BCUT2D eigenvalue weighted by molar-refractivity contribution is 7.89. The van der Waals surface area contributed by atoms with Crippen LogP contribution in [0, 0.1) is 13.8 Å². The van der Waals surface area contributed by atoms with Gasteiger partial charge >= 0.3 is 0 Å². The van der Waals surface area contributed by atoms with Crippen molar-refractivity contribution in [1.82, 2.24) is 4.72 Å². The summed E-state index contributed by atoms with van der Waals surface area (Å²) >= 11 is 11.9. The summed E-state index contributed by atoms with van der Waals surface area (Å²) in [5, 5.41) is 3.58. The fourth-order valence-electron chi connectivity index (χ4n) is 2.66. The molecule has 0 aliphatic carbocycles. The Labute approximate surface area is 164 Å². The van der Waals surface area contributed by atoms with Crippen LogP contribution in [0.2, 0.25) is 10.0 Å². The molecule has 0 spiro atoms. The Hall–Kier alpha value is -1.47. The molecule has 0 fully saturated rings. The highest BCUT2D eigenvalue weighted by Crippen LogP contribution is 2.31. The van der Waals surface area contributed by atoms with Gasteiger partial charge in [-0.25, -0.2) is 13.1 Å². The molecule has 2 aromatic carbocycles. The monoisotopic (exact) mass is 415 g/mol. The third kappa shape index (κ3) is 5.04. The van der Waals surface area contributed by atoms with Crippen LogP contribution in [0.15, 0.2) is 35.2 Å². The lowest BCUT2D eigenvalue weighted by molar-refractivity contribution is 0.548. The fourth-order valence-corrected chi connectivity index (χ4v) is 4.96. The molecule has 0 radical (unpaired) electrons. The van der Waals surface area contributed by atoms with Gasteiger partial charge in [0, 0.05) is 23.3 Å². The molecular weight excluding hydrogens is 393 g/mol. The van der Waals surface area contributed by atoms with Gasteiger partial charge in [0.2, 0.25) is 10.0 Å². The van der Waals surface area contributed by atoms with Gasteiger partial charge < -0.3 is 11.1 Å². The zero-order chi connectivity index (χ0) is 19.5. The SMILES string of the molecule is CC[C@@H](CNc1ccc(C)cc1C)NS(=O)(=O)c1c(N)cc(Cl)cc1Cl. The highest BCUT2D eigenvalue weighted by Gasteiger charge is 2.25. The normalized spacial score (nSPS) is 12.8. The lowest BCUT2D eigenvalue weighted by Gasteiger charge is -2.20. The molecule has 0 saturated heterocycles. The van der Waals surface area contributed by atoms with Crippen LogP contribution >= 0.6 is 23.2 Å². The Morgan fingerprint density at radius 3 is 2.42 bits per heavy atom. The van der Waals surface area contributed by atoms with Crippen LogP contribution in [-0.2, 0) is 10.0 Å². The molecule has 0 bridgehead atoms. The first-order chi connectivity index (χ1) is 12.1. The van der Waals surface area contributed by atoms with E-state index in [1.807, 2.05) is 32.9 Å². The third-order valence-corrected chi connectivity index (χ3v) is 6.31. The fraction of sp³-hybridized carbons (Fsp3) is 0.333. The van der Waals surface area contributed by atoms with Crippen molar-refractivity contribution in [2.45, 2.75) is 38.1 Å². The van der Waals surface area contributed by atoms with E-state index in [1.165, 1.54) is 17.7 Å². The maximum absolute atomic E-state index is 12.7. The number of nitrogen functional groups attached to an aromatic ring is 1. The number of benzene rings is 2. The molecule has 142 valence electrons. The summed E-state index contributed by atoms with van der Waals surface area (Å²) in [5.74, 6) is 0. The zero-order valence-corrected chi connectivity index (χ0v) is 17.3. The van der Waals surface area contributed by atoms with Crippen LogP contribution in [0.5, 0.6) is 0 Å². The Morgan fingerprint density at radius 1 is 1.15 bits per heavy atom. The van der Waals surface area contributed by atoms with Gasteiger partial charge in [-0.3, -0.25) is 0 Å². The number of sulfonamides is 1. The molecule has 0 unspecified atom stereocenters. The van der Waals surface area contributed by atoms with Crippen LogP contribution in [-0.4, -0.2) is 21.0 Å². The van der Waals surface area contributed by atoms with Crippen molar-refractivity contribution >= 4 is 44.6 Å². The predicted molar refractivity (Wildman–Crippen MR) is 110 cm³/mol. The highest BCUT2D eigenvalue weighted by atomic mass is 35.5. The molecule has 8 heteroatoms. The summed E-state index contributed by atoms with van der Waals surface area (Å²) in [6.07, 6.45) is 0.599. The first-order valence-corrected chi connectivity index (χ1v) is 10.5. The lowest BCUT2D eigenvalue weighted by Crippen LogP contribution is -2.39. The van der Waals surface area contributed by atoms with Crippen LogP contribution in [0.25, 0.3) is 0 Å². The summed E-state index contributed by atoms with van der Waals surface area (Å²) < 4.78 is 28.1. The second kappa shape index (κ2) is 8.48. The summed E-state index contributed by atoms with van der Waals surface area (Å²) in [4.78, 5) is -0.145. The quantitative estimate of drug-likeness (QED) is 0.586. The Balaban J connectivity index is 2.16. The van der Waals surface area contributed by atoms with Crippen LogP contribution in [0.1, 0.15) is 24.5 Å². The largest absolute Gasteiger partial charge is 0.398 e. The van der Waals surface area contributed by atoms with Gasteiger partial charge in [-0.05, 0) is 44.0 Å². The van der Waals surface area contributed by atoms with Gasteiger partial charge in [-0.1, -0.05) is 47.8 Å². The van der Waals surface area contributed by atoms with Crippen LogP contribution in [0.4, 0.5) is 11.4 Å². The van der Waals surface area contributed by atoms with E-state index in [0.717, 1.165) is 11.3 Å². The predicted octanol–water partition coefficient (Wildman–Crippen LogP) is 4.36. The van der Waals surface area contributed by atoms with Crippen molar-refractivity contribution in [3.05, 3.63) is 51.5 Å². The van der Waals surface area contributed by atoms with Crippen molar-refractivity contribution in [2.24, 2.45) is 0 Å². The molecule has 0 aromatic heterocycles. The molecule has 4 N–H and O–H groups in total. The molecule has 5 nitrogen and oxygen atoms in total. The Bertz CT molecular complexity index is 878. The van der Waals surface area contributed by atoms with E-state index in [4.69, 9.17) is 28.9 Å². The minimum absolute atomic E-state index is 0.000286. The summed E-state index contributed by atoms with van der Waals surface area (Å²) in [7, 11) is -3.88. The first-order valence-electron chi connectivity index (χ1n) is 8.22. The van der Waals surface area contributed by atoms with E-state index in [-0.39, 0.29) is 26.7 Å². The summed E-state index contributed by atoms with van der Waals surface area (Å²) in [6.45, 7) is 6.38. The topological polar surface area (TPSA) is 84.2 Å². The van der Waals surface area contributed by atoms with E-state index < -0.39 is 10.0 Å². The van der Waals surface area contributed by atoms with Gasteiger partial charge in [-0.2, -0.15) is 0 Å². The van der Waals surface area contributed by atoms with Crippen molar-refractivity contribution in [3.8, 4) is 0 Å². The van der Waals surface area contributed by atoms with Crippen LogP contribution in [0.3, 0.4) is 0 Å². The standard InChI is InChI=1S/C18H23Cl2N3O2S/c1-4-14(10-22-17-6-5-11(2)7-12(17)3)23-26(24,25)18-15(20)8-13(19)9-16(18)21/h5-9,14,22-23H,4,10,21H2,1-3H3/t14-/m0/s1. The van der Waals surface area contributed by atoms with E-state index >= 15 is 0 Å². The minimum Gasteiger partial charge on any atom is -0.398 e. The lowest BCUT2D eigenvalue weighted by atomic mass is 10.1. The number of rotatable bonds is 7. The van der Waals surface area contributed by atoms with Crippen LogP contribution < -0.4 is 15.8 Å². The molecule has 0 amide bonds. The van der Waals surface area contributed by atoms with Gasteiger partial charge in [0.15, 0.2) is 0 Å².